The van der Waals surface area contributed by atoms with E-state index in [-0.39, 0.29) is 16.5 Å². The standard InChI is InChI=1S/C17H14FN3O4S/c1-25-13-6-2-11(3-7-13)15-10-16(22)20-17(19-15)21-26(23,24)14-8-4-12(18)5-9-14/h2-10H,1H3,(H2,19,20,21,22). The number of ether oxygens (including phenoxy) is 1. The molecule has 0 aliphatic rings. The van der Waals surface area contributed by atoms with Crippen LogP contribution in [0.25, 0.3) is 11.3 Å². The minimum Gasteiger partial charge on any atom is -0.497 e. The highest BCUT2D eigenvalue weighted by atomic mass is 32.2. The van der Waals surface area contributed by atoms with E-state index in [1.165, 1.54) is 13.2 Å². The summed E-state index contributed by atoms with van der Waals surface area (Å²) >= 11 is 0. The summed E-state index contributed by atoms with van der Waals surface area (Å²) in [7, 11) is -2.50. The lowest BCUT2D eigenvalue weighted by atomic mass is 10.1. The lowest BCUT2D eigenvalue weighted by Crippen LogP contribution is -2.18. The Labute approximate surface area is 148 Å². The summed E-state index contributed by atoms with van der Waals surface area (Å²) in [5.74, 6) is -0.166. The van der Waals surface area contributed by atoms with Gasteiger partial charge in [-0.25, -0.2) is 22.5 Å². The average Bonchev–Trinajstić information content (AvgIpc) is 2.61. The number of nitrogens with zero attached hydrogens (tertiary/aromatic N) is 1. The first kappa shape index (κ1) is 17.6. The molecule has 2 N–H and O–H groups in total. The average molecular weight is 375 g/mol. The summed E-state index contributed by atoms with van der Waals surface area (Å²) < 4.78 is 44.9. The third-order valence-electron chi connectivity index (χ3n) is 3.48. The molecule has 0 atom stereocenters. The van der Waals surface area contributed by atoms with Crippen LogP contribution in [-0.4, -0.2) is 25.5 Å². The normalized spacial score (nSPS) is 11.2. The van der Waals surface area contributed by atoms with Crippen LogP contribution in [-0.2, 0) is 10.0 Å². The number of rotatable bonds is 5. The van der Waals surface area contributed by atoms with Gasteiger partial charge in [0.15, 0.2) is 0 Å². The van der Waals surface area contributed by atoms with E-state index in [2.05, 4.69) is 14.7 Å². The van der Waals surface area contributed by atoms with Crippen molar-refractivity contribution in [2.24, 2.45) is 0 Å². The molecule has 0 amide bonds. The Kier molecular flexibility index (Phi) is 4.72. The van der Waals surface area contributed by atoms with Crippen LogP contribution in [0.15, 0.2) is 64.3 Å². The molecule has 1 heterocycles. The molecule has 0 saturated heterocycles. The molecule has 0 radical (unpaired) electrons. The van der Waals surface area contributed by atoms with Gasteiger partial charge < -0.3 is 4.74 Å². The van der Waals surface area contributed by atoms with Crippen molar-refractivity contribution in [2.45, 2.75) is 4.90 Å². The molecule has 9 heteroatoms. The molecule has 3 rings (SSSR count). The van der Waals surface area contributed by atoms with E-state index in [1.807, 2.05) is 0 Å². The molecule has 0 aliphatic carbocycles. The Morgan fingerprint density at radius 1 is 1.08 bits per heavy atom. The lowest BCUT2D eigenvalue weighted by molar-refractivity contribution is 0.415. The number of benzene rings is 2. The predicted molar refractivity (Wildman–Crippen MR) is 94.1 cm³/mol. The first-order valence-electron chi connectivity index (χ1n) is 7.41. The second-order valence-corrected chi connectivity index (χ2v) is 6.95. The van der Waals surface area contributed by atoms with Crippen LogP contribution in [0, 0.1) is 5.82 Å². The number of methoxy groups -OCH3 is 1. The highest BCUT2D eigenvalue weighted by Crippen LogP contribution is 2.21. The summed E-state index contributed by atoms with van der Waals surface area (Å²) in [4.78, 5) is 18.2. The van der Waals surface area contributed by atoms with E-state index in [0.29, 0.717) is 11.3 Å². The summed E-state index contributed by atoms with van der Waals surface area (Å²) in [6, 6.07) is 12.3. The Balaban J connectivity index is 1.94. The van der Waals surface area contributed by atoms with E-state index < -0.39 is 21.4 Å². The van der Waals surface area contributed by atoms with Gasteiger partial charge in [0, 0.05) is 11.6 Å². The predicted octanol–water partition coefficient (Wildman–Crippen LogP) is 2.39. The van der Waals surface area contributed by atoms with Crippen molar-refractivity contribution in [1.29, 1.82) is 0 Å². The number of halogens is 1. The fourth-order valence-corrected chi connectivity index (χ4v) is 3.18. The Morgan fingerprint density at radius 3 is 2.35 bits per heavy atom. The van der Waals surface area contributed by atoms with Crippen LogP contribution in [0.5, 0.6) is 5.75 Å². The second-order valence-electron chi connectivity index (χ2n) is 5.27. The number of aromatic amines is 1. The van der Waals surface area contributed by atoms with Gasteiger partial charge in [-0.1, -0.05) is 0 Å². The molecule has 0 saturated carbocycles. The van der Waals surface area contributed by atoms with Gasteiger partial charge in [-0.15, -0.1) is 0 Å². The molecule has 3 aromatic rings. The van der Waals surface area contributed by atoms with E-state index in [0.717, 1.165) is 24.3 Å². The maximum Gasteiger partial charge on any atom is 0.264 e. The van der Waals surface area contributed by atoms with E-state index in [9.17, 15) is 17.6 Å². The minimum absolute atomic E-state index is 0.156. The Morgan fingerprint density at radius 2 is 1.73 bits per heavy atom. The van der Waals surface area contributed by atoms with Crippen molar-refractivity contribution >= 4 is 16.0 Å². The van der Waals surface area contributed by atoms with Crippen molar-refractivity contribution in [1.82, 2.24) is 9.97 Å². The van der Waals surface area contributed by atoms with Crippen LogP contribution in [0.2, 0.25) is 0 Å². The molecular weight excluding hydrogens is 361 g/mol. The number of nitrogens with one attached hydrogen (secondary N) is 2. The van der Waals surface area contributed by atoms with E-state index in [4.69, 9.17) is 4.74 Å². The van der Waals surface area contributed by atoms with E-state index >= 15 is 0 Å². The third kappa shape index (κ3) is 3.89. The van der Waals surface area contributed by atoms with Gasteiger partial charge in [0.25, 0.3) is 15.6 Å². The number of sulfonamides is 1. The van der Waals surface area contributed by atoms with Crippen LogP contribution in [0.1, 0.15) is 0 Å². The molecule has 0 fully saturated rings. The smallest absolute Gasteiger partial charge is 0.264 e. The van der Waals surface area contributed by atoms with Crippen LogP contribution < -0.4 is 15.0 Å². The monoisotopic (exact) mass is 375 g/mol. The zero-order valence-electron chi connectivity index (χ0n) is 13.6. The summed E-state index contributed by atoms with van der Waals surface area (Å²) in [6.07, 6.45) is 0. The highest BCUT2D eigenvalue weighted by molar-refractivity contribution is 7.92. The van der Waals surface area contributed by atoms with Crippen molar-refractivity contribution in [2.75, 3.05) is 11.8 Å². The number of aromatic nitrogens is 2. The Hall–Kier alpha value is -3.20. The van der Waals surface area contributed by atoms with Gasteiger partial charge in [-0.2, -0.15) is 0 Å². The van der Waals surface area contributed by atoms with Gasteiger partial charge in [0.05, 0.1) is 17.7 Å². The van der Waals surface area contributed by atoms with Crippen LogP contribution in [0.3, 0.4) is 0 Å². The Bertz CT molecular complexity index is 1080. The molecule has 0 spiro atoms. The molecule has 134 valence electrons. The molecule has 0 aliphatic heterocycles. The second kappa shape index (κ2) is 6.96. The topological polar surface area (TPSA) is 101 Å². The largest absolute Gasteiger partial charge is 0.497 e. The molecule has 26 heavy (non-hydrogen) atoms. The van der Waals surface area contributed by atoms with Gasteiger partial charge in [0.2, 0.25) is 5.95 Å². The summed E-state index contributed by atoms with van der Waals surface area (Å²) in [6.45, 7) is 0. The summed E-state index contributed by atoms with van der Waals surface area (Å²) in [5, 5.41) is 0. The third-order valence-corrected chi connectivity index (χ3v) is 4.84. The van der Waals surface area contributed by atoms with Gasteiger partial charge >= 0.3 is 0 Å². The zero-order chi connectivity index (χ0) is 18.7. The van der Waals surface area contributed by atoms with Crippen LogP contribution >= 0.6 is 0 Å². The summed E-state index contributed by atoms with van der Waals surface area (Å²) in [5.41, 5.74) is 0.370. The highest BCUT2D eigenvalue weighted by Gasteiger charge is 2.16. The number of hydrogen-bond acceptors (Lipinski definition) is 5. The van der Waals surface area contributed by atoms with Crippen molar-refractivity contribution in [3.8, 4) is 17.0 Å². The molecule has 0 unspecified atom stereocenters. The van der Waals surface area contributed by atoms with Crippen molar-refractivity contribution in [3.05, 3.63) is 70.8 Å². The fraction of sp³-hybridized carbons (Fsp3) is 0.0588. The fourth-order valence-electron chi connectivity index (χ4n) is 2.22. The maximum absolute atomic E-state index is 13.0. The molecule has 0 bridgehead atoms. The maximum atomic E-state index is 13.0. The molecule has 2 aromatic carbocycles. The minimum atomic E-state index is -4.03. The van der Waals surface area contributed by atoms with E-state index in [1.54, 1.807) is 24.3 Å². The van der Waals surface area contributed by atoms with Crippen LogP contribution in [0.4, 0.5) is 10.3 Å². The quantitative estimate of drug-likeness (QED) is 0.713. The van der Waals surface area contributed by atoms with Crippen molar-refractivity contribution in [3.63, 3.8) is 0 Å². The first-order chi connectivity index (χ1) is 12.4. The first-order valence-corrected chi connectivity index (χ1v) is 8.90. The van der Waals surface area contributed by atoms with Gasteiger partial charge in [-0.05, 0) is 48.5 Å². The van der Waals surface area contributed by atoms with Gasteiger partial charge in [0.1, 0.15) is 11.6 Å². The number of H-pyrrole nitrogens is 1. The molecule has 1 aromatic heterocycles. The molecular formula is C17H14FN3O4S. The van der Waals surface area contributed by atoms with Gasteiger partial charge in [-0.3, -0.25) is 9.78 Å². The number of anilines is 1. The molecule has 7 nitrogen and oxygen atoms in total. The lowest BCUT2D eigenvalue weighted by Gasteiger charge is -2.09. The number of hydrogen-bond donors (Lipinski definition) is 2. The van der Waals surface area contributed by atoms with Crippen molar-refractivity contribution < 1.29 is 17.5 Å². The SMILES string of the molecule is COc1ccc(-c2cc(=O)[nH]c(NS(=O)(=O)c3ccc(F)cc3)n2)cc1. The zero-order valence-corrected chi connectivity index (χ0v) is 14.4.